The maximum absolute atomic E-state index is 14.1. The highest BCUT2D eigenvalue weighted by Crippen LogP contribution is 2.32. The SMILES string of the molecule is Nc1ccccc1NC(=O)C=Cc1ccc(C(NCCN2CCSCC2)C(=O)Nc2ccc(C(F)(F)F)c(F)c2)cc1. The largest absolute Gasteiger partial charge is 0.419 e. The minimum atomic E-state index is -4.84. The van der Waals surface area contributed by atoms with E-state index in [-0.39, 0.29) is 11.6 Å². The van der Waals surface area contributed by atoms with E-state index in [1.165, 1.54) is 6.08 Å². The van der Waals surface area contributed by atoms with E-state index < -0.39 is 29.5 Å². The van der Waals surface area contributed by atoms with Crippen LogP contribution in [-0.4, -0.2) is 54.4 Å². The first kappa shape index (κ1) is 31.1. The molecule has 0 bridgehead atoms. The van der Waals surface area contributed by atoms with Crippen molar-refractivity contribution in [2.75, 3.05) is 54.1 Å². The number of alkyl halides is 3. The normalized spacial score (nSPS) is 15.0. The first-order chi connectivity index (χ1) is 20.1. The minimum Gasteiger partial charge on any atom is -0.397 e. The smallest absolute Gasteiger partial charge is 0.397 e. The van der Waals surface area contributed by atoms with Crippen molar-refractivity contribution in [3.8, 4) is 0 Å². The zero-order valence-electron chi connectivity index (χ0n) is 22.6. The lowest BCUT2D eigenvalue weighted by Crippen LogP contribution is -2.41. The lowest BCUT2D eigenvalue weighted by atomic mass is 10.0. The number of nitrogens with one attached hydrogen (secondary N) is 3. The molecule has 1 atom stereocenters. The third-order valence-corrected chi connectivity index (χ3v) is 7.54. The Morgan fingerprint density at radius 3 is 2.38 bits per heavy atom. The molecule has 1 aliphatic heterocycles. The fraction of sp³-hybridized carbons (Fsp3) is 0.267. The molecule has 3 aromatic rings. The second-order valence-corrected chi connectivity index (χ2v) is 10.8. The molecule has 2 amide bonds. The number of hydrogen-bond donors (Lipinski definition) is 4. The fourth-order valence-corrected chi connectivity index (χ4v) is 5.33. The number of carbonyl (C=O) groups excluding carboxylic acids is 2. The van der Waals surface area contributed by atoms with Crippen molar-refractivity contribution < 1.29 is 27.2 Å². The van der Waals surface area contributed by atoms with Crippen LogP contribution >= 0.6 is 11.8 Å². The third kappa shape index (κ3) is 8.81. The van der Waals surface area contributed by atoms with Crippen LogP contribution in [0.15, 0.2) is 72.8 Å². The summed E-state index contributed by atoms with van der Waals surface area (Å²) in [6.07, 6.45) is -1.87. The van der Waals surface area contributed by atoms with E-state index in [0.29, 0.717) is 47.7 Å². The van der Waals surface area contributed by atoms with Crippen molar-refractivity contribution >= 4 is 46.7 Å². The number of hydrogen-bond acceptors (Lipinski definition) is 6. The summed E-state index contributed by atoms with van der Waals surface area (Å²) in [7, 11) is 0. The van der Waals surface area contributed by atoms with E-state index in [2.05, 4.69) is 20.9 Å². The maximum Gasteiger partial charge on any atom is 0.419 e. The molecule has 0 aliphatic carbocycles. The molecule has 42 heavy (non-hydrogen) atoms. The quantitative estimate of drug-likeness (QED) is 0.141. The second-order valence-electron chi connectivity index (χ2n) is 9.60. The van der Waals surface area contributed by atoms with Crippen LogP contribution in [0.25, 0.3) is 6.08 Å². The first-order valence-electron chi connectivity index (χ1n) is 13.2. The lowest BCUT2D eigenvalue weighted by molar-refractivity contribution is -0.140. The number of halogens is 4. The molecule has 5 N–H and O–H groups in total. The molecular weight excluding hydrogens is 570 g/mol. The zero-order valence-corrected chi connectivity index (χ0v) is 23.4. The summed E-state index contributed by atoms with van der Waals surface area (Å²) in [4.78, 5) is 27.9. The van der Waals surface area contributed by atoms with Gasteiger partial charge in [0, 0.05) is 49.4 Å². The predicted octanol–water partition coefficient (Wildman–Crippen LogP) is 5.40. The Hall–Kier alpha value is -3.87. The monoisotopic (exact) mass is 601 g/mol. The van der Waals surface area contributed by atoms with Gasteiger partial charge in [0.25, 0.3) is 0 Å². The fourth-order valence-electron chi connectivity index (χ4n) is 4.35. The lowest BCUT2D eigenvalue weighted by Gasteiger charge is -2.27. The van der Waals surface area contributed by atoms with Gasteiger partial charge in [-0.3, -0.25) is 9.59 Å². The Morgan fingerprint density at radius 2 is 1.71 bits per heavy atom. The molecule has 1 fully saturated rings. The van der Waals surface area contributed by atoms with E-state index >= 15 is 0 Å². The van der Waals surface area contributed by atoms with Crippen LogP contribution in [0.3, 0.4) is 0 Å². The van der Waals surface area contributed by atoms with Crippen LogP contribution in [0.1, 0.15) is 22.7 Å². The van der Waals surface area contributed by atoms with Crippen molar-refractivity contribution in [2.24, 2.45) is 0 Å². The highest BCUT2D eigenvalue weighted by Gasteiger charge is 2.34. The number of anilines is 3. The minimum absolute atomic E-state index is 0.0880. The van der Waals surface area contributed by atoms with Gasteiger partial charge in [0.05, 0.1) is 16.9 Å². The number of nitrogens with two attached hydrogens (primary N) is 1. The first-order valence-corrected chi connectivity index (χ1v) is 14.4. The van der Waals surface area contributed by atoms with Gasteiger partial charge in [-0.25, -0.2) is 4.39 Å². The molecule has 3 aromatic carbocycles. The highest BCUT2D eigenvalue weighted by molar-refractivity contribution is 7.99. The van der Waals surface area contributed by atoms with Crippen LogP contribution in [0.5, 0.6) is 0 Å². The summed E-state index contributed by atoms with van der Waals surface area (Å²) < 4.78 is 53.0. The predicted molar refractivity (Wildman–Crippen MR) is 160 cm³/mol. The summed E-state index contributed by atoms with van der Waals surface area (Å²) in [5.74, 6) is -0.310. The zero-order chi connectivity index (χ0) is 30.1. The molecule has 0 saturated carbocycles. The Morgan fingerprint density at radius 1 is 1.00 bits per heavy atom. The molecule has 1 aliphatic rings. The Kier molecular flexibility index (Phi) is 10.6. The van der Waals surface area contributed by atoms with E-state index in [1.54, 1.807) is 54.6 Å². The average Bonchev–Trinajstić information content (AvgIpc) is 2.96. The summed E-state index contributed by atoms with van der Waals surface area (Å²) in [6, 6.07) is 15.2. The number of para-hydroxylation sites is 2. The van der Waals surface area contributed by atoms with Gasteiger partial charge in [-0.15, -0.1) is 0 Å². The average molecular weight is 602 g/mol. The number of amides is 2. The Bertz CT molecular complexity index is 1410. The van der Waals surface area contributed by atoms with Crippen LogP contribution in [0.2, 0.25) is 0 Å². The number of carbonyl (C=O) groups is 2. The van der Waals surface area contributed by atoms with Crippen LogP contribution in [0.4, 0.5) is 34.6 Å². The number of rotatable bonds is 10. The second kappa shape index (κ2) is 14.3. The van der Waals surface area contributed by atoms with Crippen molar-refractivity contribution in [3.05, 3.63) is 95.3 Å². The number of nitrogens with zero attached hydrogens (tertiary/aromatic N) is 1. The van der Waals surface area contributed by atoms with Gasteiger partial charge in [-0.2, -0.15) is 24.9 Å². The molecule has 1 heterocycles. The van der Waals surface area contributed by atoms with Crippen LogP contribution < -0.4 is 21.7 Å². The van der Waals surface area contributed by atoms with Gasteiger partial charge in [0.15, 0.2) is 0 Å². The molecule has 12 heteroatoms. The molecule has 0 spiro atoms. The third-order valence-electron chi connectivity index (χ3n) is 6.60. The van der Waals surface area contributed by atoms with Crippen molar-refractivity contribution in [3.63, 3.8) is 0 Å². The maximum atomic E-state index is 14.1. The molecule has 7 nitrogen and oxygen atoms in total. The van der Waals surface area contributed by atoms with Crippen molar-refractivity contribution in [1.29, 1.82) is 0 Å². The molecule has 1 unspecified atom stereocenters. The van der Waals surface area contributed by atoms with E-state index in [4.69, 9.17) is 5.73 Å². The molecule has 1 saturated heterocycles. The molecule has 222 valence electrons. The Labute approximate surface area is 245 Å². The standard InChI is InChI=1S/C30H31F4N5O2S/c31-24-19-22(10-11-23(24)30(32,33)34)37-29(41)28(36-13-14-39-15-17-42-18-16-39)21-8-5-20(6-9-21)7-12-27(40)38-26-4-2-1-3-25(26)35/h1-12,19,28,36H,13-18,35H2,(H,37,41)(H,38,40). The molecule has 0 aromatic heterocycles. The Balaban J connectivity index is 1.45. The summed E-state index contributed by atoms with van der Waals surface area (Å²) >= 11 is 1.89. The van der Waals surface area contributed by atoms with Crippen LogP contribution in [-0.2, 0) is 15.8 Å². The van der Waals surface area contributed by atoms with Gasteiger partial charge < -0.3 is 26.6 Å². The van der Waals surface area contributed by atoms with Gasteiger partial charge in [0.2, 0.25) is 11.8 Å². The number of nitrogen functional groups attached to an aromatic ring is 1. The van der Waals surface area contributed by atoms with E-state index in [1.807, 2.05) is 11.8 Å². The van der Waals surface area contributed by atoms with E-state index in [0.717, 1.165) is 30.7 Å². The van der Waals surface area contributed by atoms with Crippen molar-refractivity contribution in [2.45, 2.75) is 12.2 Å². The molecule has 4 rings (SSSR count). The van der Waals surface area contributed by atoms with Gasteiger partial charge >= 0.3 is 6.18 Å². The number of benzene rings is 3. The molecule has 0 radical (unpaired) electrons. The number of thioether (sulfide) groups is 1. The summed E-state index contributed by atoms with van der Waals surface area (Å²) in [6.45, 7) is 3.08. The van der Waals surface area contributed by atoms with E-state index in [9.17, 15) is 27.2 Å². The highest BCUT2D eigenvalue weighted by atomic mass is 32.2. The topological polar surface area (TPSA) is 99.5 Å². The summed E-state index contributed by atoms with van der Waals surface area (Å²) in [5.41, 5.74) is 6.60. The van der Waals surface area contributed by atoms with Crippen molar-refractivity contribution in [1.82, 2.24) is 10.2 Å². The van der Waals surface area contributed by atoms with Crippen LogP contribution in [0, 0.1) is 5.82 Å². The van der Waals surface area contributed by atoms with Gasteiger partial charge in [-0.05, 0) is 47.5 Å². The van der Waals surface area contributed by atoms with Gasteiger partial charge in [0.1, 0.15) is 11.9 Å². The van der Waals surface area contributed by atoms with Gasteiger partial charge in [-0.1, -0.05) is 36.4 Å². The summed E-state index contributed by atoms with van der Waals surface area (Å²) in [5, 5.41) is 8.46. The molecular formula is C30H31F4N5O2S.